The molecule has 3 rings (SSSR count). The summed E-state index contributed by atoms with van der Waals surface area (Å²) in [5, 5.41) is 1.64. The summed E-state index contributed by atoms with van der Waals surface area (Å²) in [4.78, 5) is 32.7. The van der Waals surface area contributed by atoms with Crippen molar-refractivity contribution in [3.63, 3.8) is 0 Å². The Morgan fingerprint density at radius 1 is 1.07 bits per heavy atom. The Morgan fingerprint density at radius 3 is 2.33 bits per heavy atom. The third-order valence-electron chi connectivity index (χ3n) is 4.90. The molecule has 1 aromatic heterocycles. The number of amides is 1. The van der Waals surface area contributed by atoms with Crippen LogP contribution in [-0.2, 0) is 7.05 Å². The van der Waals surface area contributed by atoms with E-state index in [1.807, 2.05) is 20.8 Å². The number of carbonyl (C=O) groups excluding carboxylic acids is 1. The largest absolute Gasteiger partial charge is 0.328 e. The molecule has 2 aromatic carbocycles. The Hall–Kier alpha value is -2.08. The number of hydrogen-bond donors (Lipinski definition) is 0. The summed E-state index contributed by atoms with van der Waals surface area (Å²) in [6.45, 7) is 6.36. The molecule has 158 valence electrons. The minimum Gasteiger partial charge on any atom is -0.328 e. The van der Waals surface area contributed by atoms with Crippen LogP contribution < -0.4 is 5.56 Å². The van der Waals surface area contributed by atoms with Gasteiger partial charge in [-0.05, 0) is 49.2 Å². The number of aromatic nitrogens is 2. The van der Waals surface area contributed by atoms with Gasteiger partial charge in [0.1, 0.15) is 5.82 Å². The molecule has 0 N–H and O–H groups in total. The molecule has 0 saturated carbocycles. The van der Waals surface area contributed by atoms with Gasteiger partial charge in [-0.25, -0.2) is 4.98 Å². The maximum absolute atomic E-state index is 13.4. The van der Waals surface area contributed by atoms with Gasteiger partial charge in [0.05, 0.1) is 27.5 Å². The van der Waals surface area contributed by atoms with Gasteiger partial charge in [-0.1, -0.05) is 48.7 Å². The summed E-state index contributed by atoms with van der Waals surface area (Å²) >= 11 is 18.3. The second-order valence-electron chi connectivity index (χ2n) is 7.65. The summed E-state index contributed by atoms with van der Waals surface area (Å²) < 4.78 is 1.47. The lowest BCUT2D eigenvalue weighted by atomic mass is 10.1. The Bertz CT molecular complexity index is 1170. The molecule has 1 heterocycles. The van der Waals surface area contributed by atoms with Gasteiger partial charge < -0.3 is 4.90 Å². The zero-order valence-corrected chi connectivity index (χ0v) is 19.4. The lowest BCUT2D eigenvalue weighted by molar-refractivity contribution is 0.0654. The molecule has 0 spiro atoms. The number of benzene rings is 2. The van der Waals surface area contributed by atoms with Crippen molar-refractivity contribution < 1.29 is 4.79 Å². The van der Waals surface area contributed by atoms with Crippen molar-refractivity contribution in [1.82, 2.24) is 14.5 Å². The first-order valence-electron chi connectivity index (χ1n) is 9.52. The second kappa shape index (κ2) is 8.96. The molecule has 1 amide bonds. The first-order chi connectivity index (χ1) is 14.1. The van der Waals surface area contributed by atoms with Gasteiger partial charge in [-0.3, -0.25) is 14.2 Å². The van der Waals surface area contributed by atoms with Crippen molar-refractivity contribution >= 4 is 51.6 Å². The third-order valence-corrected chi connectivity index (χ3v) is 5.68. The smallest absolute Gasteiger partial charge is 0.261 e. The fraction of sp³-hybridized carbons (Fsp3) is 0.318. The zero-order valence-electron chi connectivity index (χ0n) is 17.1. The van der Waals surface area contributed by atoms with Crippen molar-refractivity contribution in [3.05, 3.63) is 73.2 Å². The fourth-order valence-electron chi connectivity index (χ4n) is 3.40. The second-order valence-corrected chi connectivity index (χ2v) is 8.93. The summed E-state index contributed by atoms with van der Waals surface area (Å²) in [7, 11) is 1.65. The molecular formula is C22H22Cl3N3O2. The molecule has 0 fully saturated rings. The maximum atomic E-state index is 13.4. The summed E-state index contributed by atoms with van der Waals surface area (Å²) in [6.07, 6.45) is 0. The number of hydrogen-bond acceptors (Lipinski definition) is 3. The lowest BCUT2D eigenvalue weighted by Crippen LogP contribution is -2.39. The van der Waals surface area contributed by atoms with Crippen LogP contribution in [0.3, 0.4) is 0 Å². The fourth-order valence-corrected chi connectivity index (χ4v) is 4.06. The highest BCUT2D eigenvalue weighted by Crippen LogP contribution is 2.27. The molecule has 0 bridgehead atoms. The van der Waals surface area contributed by atoms with Crippen LogP contribution in [0.25, 0.3) is 10.9 Å². The van der Waals surface area contributed by atoms with Crippen LogP contribution in [0.2, 0.25) is 15.1 Å². The molecule has 3 aromatic rings. The molecule has 0 aliphatic carbocycles. The lowest BCUT2D eigenvalue weighted by Gasteiger charge is -2.31. The van der Waals surface area contributed by atoms with Crippen LogP contribution in [0.4, 0.5) is 0 Å². The SMILES string of the molecule is CC(C)CN(C(=O)c1ccc(Cl)cc1Cl)C(C)c1nc2ccc(Cl)cc2c(=O)n1C. The molecule has 1 atom stereocenters. The van der Waals surface area contributed by atoms with Crippen molar-refractivity contribution in [1.29, 1.82) is 0 Å². The predicted octanol–water partition coefficient (Wildman–Crippen LogP) is 5.75. The Kier molecular flexibility index (Phi) is 6.75. The highest BCUT2D eigenvalue weighted by molar-refractivity contribution is 6.36. The van der Waals surface area contributed by atoms with Gasteiger partial charge >= 0.3 is 0 Å². The van der Waals surface area contributed by atoms with Gasteiger partial charge in [-0.2, -0.15) is 0 Å². The molecule has 5 nitrogen and oxygen atoms in total. The van der Waals surface area contributed by atoms with Crippen LogP contribution in [0.5, 0.6) is 0 Å². The quantitative estimate of drug-likeness (QED) is 0.481. The van der Waals surface area contributed by atoms with Gasteiger partial charge in [0.15, 0.2) is 0 Å². The van der Waals surface area contributed by atoms with E-state index in [4.69, 9.17) is 34.8 Å². The average molecular weight is 467 g/mol. The van der Waals surface area contributed by atoms with Crippen molar-refractivity contribution in [2.75, 3.05) is 6.54 Å². The molecule has 0 saturated heterocycles. The Labute approximate surface area is 190 Å². The summed E-state index contributed by atoms with van der Waals surface area (Å²) in [5.41, 5.74) is 0.669. The molecular weight excluding hydrogens is 445 g/mol. The molecule has 30 heavy (non-hydrogen) atoms. The minimum atomic E-state index is -0.468. The first kappa shape index (κ1) is 22.6. The molecule has 0 aliphatic heterocycles. The molecule has 1 unspecified atom stereocenters. The molecule has 0 aliphatic rings. The number of rotatable bonds is 5. The van der Waals surface area contributed by atoms with Gasteiger partial charge in [-0.15, -0.1) is 0 Å². The first-order valence-corrected chi connectivity index (χ1v) is 10.7. The normalized spacial score (nSPS) is 12.4. The summed E-state index contributed by atoms with van der Waals surface area (Å²) in [5.74, 6) is 0.427. The average Bonchev–Trinajstić information content (AvgIpc) is 2.68. The Morgan fingerprint density at radius 2 is 1.70 bits per heavy atom. The van der Waals surface area contributed by atoms with Crippen molar-refractivity contribution in [3.8, 4) is 0 Å². The van der Waals surface area contributed by atoms with E-state index < -0.39 is 6.04 Å². The number of halogens is 3. The van der Waals surface area contributed by atoms with Crippen LogP contribution in [0.15, 0.2) is 41.2 Å². The Balaban J connectivity index is 2.11. The van der Waals surface area contributed by atoms with E-state index in [0.29, 0.717) is 38.9 Å². The van der Waals surface area contributed by atoms with Crippen molar-refractivity contribution in [2.45, 2.75) is 26.8 Å². The minimum absolute atomic E-state index is 0.193. The van der Waals surface area contributed by atoms with E-state index in [2.05, 4.69) is 4.98 Å². The van der Waals surface area contributed by atoms with E-state index in [0.717, 1.165) is 0 Å². The zero-order chi connectivity index (χ0) is 22.2. The highest BCUT2D eigenvalue weighted by atomic mass is 35.5. The number of fused-ring (bicyclic) bond motifs is 1. The monoisotopic (exact) mass is 465 g/mol. The molecule has 0 radical (unpaired) electrons. The third kappa shape index (κ3) is 4.48. The van der Waals surface area contributed by atoms with E-state index in [9.17, 15) is 9.59 Å². The maximum Gasteiger partial charge on any atom is 0.261 e. The van der Waals surface area contributed by atoms with Crippen molar-refractivity contribution in [2.24, 2.45) is 13.0 Å². The summed E-state index contributed by atoms with van der Waals surface area (Å²) in [6, 6.07) is 9.32. The van der Waals surface area contributed by atoms with Crippen LogP contribution >= 0.6 is 34.8 Å². The van der Waals surface area contributed by atoms with E-state index in [-0.39, 0.29) is 22.4 Å². The van der Waals surface area contributed by atoms with E-state index >= 15 is 0 Å². The van der Waals surface area contributed by atoms with Gasteiger partial charge in [0, 0.05) is 23.6 Å². The van der Waals surface area contributed by atoms with Gasteiger partial charge in [0.25, 0.3) is 11.5 Å². The standard InChI is InChI=1S/C22H22Cl3N3O2/c1-12(2)11-28(22(30)16-7-5-15(24)10-18(16)25)13(3)20-26-19-8-6-14(23)9-17(19)21(29)27(20)4/h5-10,12-13H,11H2,1-4H3. The molecule has 8 heteroatoms. The van der Waals surface area contributed by atoms with E-state index in [1.54, 1.807) is 48.3 Å². The van der Waals surface area contributed by atoms with Gasteiger partial charge in [0.2, 0.25) is 0 Å². The topological polar surface area (TPSA) is 55.2 Å². The van der Waals surface area contributed by atoms with Crippen LogP contribution in [0.1, 0.15) is 43.0 Å². The van der Waals surface area contributed by atoms with E-state index in [1.165, 1.54) is 4.57 Å². The number of carbonyl (C=O) groups is 1. The van der Waals surface area contributed by atoms with Crippen LogP contribution in [0, 0.1) is 5.92 Å². The van der Waals surface area contributed by atoms with Crippen LogP contribution in [-0.4, -0.2) is 26.9 Å². The predicted molar refractivity (Wildman–Crippen MR) is 123 cm³/mol. The highest BCUT2D eigenvalue weighted by Gasteiger charge is 2.28. The number of nitrogens with zero attached hydrogens (tertiary/aromatic N) is 3.